The van der Waals surface area contributed by atoms with Crippen molar-refractivity contribution in [1.29, 1.82) is 0 Å². The molecule has 0 saturated heterocycles. The van der Waals surface area contributed by atoms with Crippen LogP contribution in [0.1, 0.15) is 31.4 Å². The van der Waals surface area contributed by atoms with Gasteiger partial charge in [0.1, 0.15) is 0 Å². The standard InChI is InChI=1S/C12H14Cl2N2O/c1-7(15-12(17)16-9-3-4-9)8-2-5-10(13)11(14)6-8/h2,5-7,9H,3-4H2,1H3,(H2,15,16,17)/t7-/m0/s1. The zero-order valence-corrected chi connectivity index (χ0v) is 11.0. The number of carbonyl (C=O) groups excluding carboxylic acids is 1. The lowest BCUT2D eigenvalue weighted by Gasteiger charge is -2.15. The Kier molecular flexibility index (Phi) is 3.79. The summed E-state index contributed by atoms with van der Waals surface area (Å²) < 4.78 is 0. The summed E-state index contributed by atoms with van der Waals surface area (Å²) in [6, 6.07) is 5.49. The molecule has 2 N–H and O–H groups in total. The van der Waals surface area contributed by atoms with Crippen LogP contribution >= 0.6 is 23.2 Å². The minimum absolute atomic E-state index is 0.0940. The molecule has 0 heterocycles. The van der Waals surface area contributed by atoms with Gasteiger partial charge in [-0.2, -0.15) is 0 Å². The van der Waals surface area contributed by atoms with E-state index in [1.165, 1.54) is 0 Å². The van der Waals surface area contributed by atoms with Gasteiger partial charge in [0.2, 0.25) is 0 Å². The molecule has 1 saturated carbocycles. The highest BCUT2D eigenvalue weighted by atomic mass is 35.5. The van der Waals surface area contributed by atoms with Crippen LogP contribution in [0.25, 0.3) is 0 Å². The molecule has 5 heteroatoms. The topological polar surface area (TPSA) is 41.1 Å². The fraction of sp³-hybridized carbons (Fsp3) is 0.417. The Morgan fingerprint density at radius 3 is 2.65 bits per heavy atom. The molecule has 0 aromatic heterocycles. The molecule has 1 atom stereocenters. The van der Waals surface area contributed by atoms with Crippen LogP contribution in [0.5, 0.6) is 0 Å². The molecular weight excluding hydrogens is 259 g/mol. The summed E-state index contributed by atoms with van der Waals surface area (Å²) in [6.45, 7) is 1.91. The van der Waals surface area contributed by atoms with Crippen LogP contribution in [0.3, 0.4) is 0 Å². The molecule has 17 heavy (non-hydrogen) atoms. The Bertz CT molecular complexity index is 433. The van der Waals surface area contributed by atoms with Crippen LogP contribution < -0.4 is 10.6 Å². The van der Waals surface area contributed by atoms with Crippen molar-refractivity contribution < 1.29 is 4.79 Å². The van der Waals surface area contributed by atoms with E-state index in [2.05, 4.69) is 10.6 Å². The lowest BCUT2D eigenvalue weighted by Crippen LogP contribution is -2.38. The lowest BCUT2D eigenvalue weighted by molar-refractivity contribution is 0.237. The Hall–Kier alpha value is -0.930. The van der Waals surface area contributed by atoms with E-state index in [9.17, 15) is 4.79 Å². The van der Waals surface area contributed by atoms with Gasteiger partial charge in [0.15, 0.2) is 0 Å². The minimum Gasteiger partial charge on any atom is -0.335 e. The van der Waals surface area contributed by atoms with Crippen molar-refractivity contribution in [1.82, 2.24) is 10.6 Å². The number of carbonyl (C=O) groups is 1. The van der Waals surface area contributed by atoms with E-state index in [-0.39, 0.29) is 12.1 Å². The SMILES string of the molecule is C[C@H](NC(=O)NC1CC1)c1ccc(Cl)c(Cl)c1. The quantitative estimate of drug-likeness (QED) is 0.869. The first-order chi connectivity index (χ1) is 8.06. The van der Waals surface area contributed by atoms with Gasteiger partial charge in [-0.05, 0) is 37.5 Å². The van der Waals surface area contributed by atoms with Gasteiger partial charge in [-0.15, -0.1) is 0 Å². The van der Waals surface area contributed by atoms with Crippen LogP contribution in [-0.2, 0) is 0 Å². The Morgan fingerprint density at radius 2 is 2.06 bits per heavy atom. The first-order valence-electron chi connectivity index (χ1n) is 5.58. The van der Waals surface area contributed by atoms with E-state index in [0.717, 1.165) is 18.4 Å². The molecule has 0 unspecified atom stereocenters. The van der Waals surface area contributed by atoms with E-state index in [1.54, 1.807) is 12.1 Å². The number of halogens is 2. The molecule has 1 aliphatic carbocycles. The monoisotopic (exact) mass is 272 g/mol. The van der Waals surface area contributed by atoms with Crippen molar-refractivity contribution >= 4 is 29.2 Å². The smallest absolute Gasteiger partial charge is 0.315 e. The van der Waals surface area contributed by atoms with Crippen LogP contribution in [-0.4, -0.2) is 12.1 Å². The molecule has 92 valence electrons. The predicted molar refractivity (Wildman–Crippen MR) is 69.6 cm³/mol. The number of hydrogen-bond donors (Lipinski definition) is 2. The second-order valence-corrected chi connectivity index (χ2v) is 5.10. The molecule has 1 aromatic carbocycles. The van der Waals surface area contributed by atoms with E-state index in [0.29, 0.717) is 16.1 Å². The highest BCUT2D eigenvalue weighted by Gasteiger charge is 2.23. The van der Waals surface area contributed by atoms with E-state index < -0.39 is 0 Å². The largest absolute Gasteiger partial charge is 0.335 e. The molecule has 0 spiro atoms. The summed E-state index contributed by atoms with van der Waals surface area (Å²) >= 11 is 11.8. The first-order valence-corrected chi connectivity index (χ1v) is 6.34. The molecular formula is C12H14Cl2N2O. The van der Waals surface area contributed by atoms with Crippen molar-refractivity contribution in [3.8, 4) is 0 Å². The van der Waals surface area contributed by atoms with Crippen molar-refractivity contribution in [2.24, 2.45) is 0 Å². The number of nitrogens with one attached hydrogen (secondary N) is 2. The lowest BCUT2D eigenvalue weighted by atomic mass is 10.1. The van der Waals surface area contributed by atoms with Crippen molar-refractivity contribution in [3.63, 3.8) is 0 Å². The van der Waals surface area contributed by atoms with Gasteiger partial charge < -0.3 is 10.6 Å². The number of amides is 2. The van der Waals surface area contributed by atoms with Gasteiger partial charge in [0.25, 0.3) is 0 Å². The fourth-order valence-corrected chi connectivity index (χ4v) is 1.82. The molecule has 2 rings (SSSR count). The average Bonchev–Trinajstić information content (AvgIpc) is 3.05. The molecule has 3 nitrogen and oxygen atoms in total. The summed E-state index contributed by atoms with van der Waals surface area (Å²) in [5, 5.41) is 6.75. The Balaban J connectivity index is 1.95. The maximum atomic E-state index is 11.5. The van der Waals surface area contributed by atoms with Gasteiger partial charge in [-0.3, -0.25) is 0 Å². The Morgan fingerprint density at radius 1 is 1.35 bits per heavy atom. The summed E-state index contributed by atoms with van der Waals surface area (Å²) in [6.07, 6.45) is 2.16. The second-order valence-electron chi connectivity index (χ2n) is 4.29. The van der Waals surface area contributed by atoms with Crippen LogP contribution in [0.2, 0.25) is 10.0 Å². The second kappa shape index (κ2) is 5.15. The Labute approximate surface area is 110 Å². The minimum atomic E-state index is -0.133. The molecule has 1 aromatic rings. The van der Waals surface area contributed by atoms with Crippen LogP contribution in [0.15, 0.2) is 18.2 Å². The molecule has 1 aliphatic rings. The predicted octanol–water partition coefficient (Wildman–Crippen LogP) is 3.52. The van der Waals surface area contributed by atoms with Crippen molar-refractivity contribution in [3.05, 3.63) is 33.8 Å². The van der Waals surface area contributed by atoms with Crippen molar-refractivity contribution in [2.75, 3.05) is 0 Å². The molecule has 2 amide bonds. The van der Waals surface area contributed by atoms with E-state index in [4.69, 9.17) is 23.2 Å². The normalized spacial score (nSPS) is 16.4. The molecule has 0 bridgehead atoms. The van der Waals surface area contributed by atoms with Gasteiger partial charge >= 0.3 is 6.03 Å². The summed E-state index contributed by atoms with van der Waals surface area (Å²) in [5.41, 5.74) is 0.936. The van der Waals surface area contributed by atoms with Crippen LogP contribution in [0.4, 0.5) is 4.79 Å². The highest BCUT2D eigenvalue weighted by molar-refractivity contribution is 6.42. The third-order valence-electron chi connectivity index (χ3n) is 2.70. The maximum absolute atomic E-state index is 11.5. The zero-order chi connectivity index (χ0) is 12.4. The third-order valence-corrected chi connectivity index (χ3v) is 3.44. The van der Waals surface area contributed by atoms with Gasteiger partial charge in [-0.1, -0.05) is 29.3 Å². The summed E-state index contributed by atoms with van der Waals surface area (Å²) in [5.74, 6) is 0. The average molecular weight is 273 g/mol. The maximum Gasteiger partial charge on any atom is 0.315 e. The van der Waals surface area contributed by atoms with Gasteiger partial charge in [-0.25, -0.2) is 4.79 Å². The highest BCUT2D eigenvalue weighted by Crippen LogP contribution is 2.25. The number of hydrogen-bond acceptors (Lipinski definition) is 1. The van der Waals surface area contributed by atoms with Gasteiger partial charge in [0.05, 0.1) is 16.1 Å². The zero-order valence-electron chi connectivity index (χ0n) is 9.47. The summed E-state index contributed by atoms with van der Waals surface area (Å²) in [7, 11) is 0. The number of benzene rings is 1. The first kappa shape index (κ1) is 12.5. The summed E-state index contributed by atoms with van der Waals surface area (Å²) in [4.78, 5) is 11.5. The van der Waals surface area contributed by atoms with Gasteiger partial charge in [0, 0.05) is 6.04 Å². The number of urea groups is 1. The fourth-order valence-electron chi connectivity index (χ4n) is 1.52. The van der Waals surface area contributed by atoms with Crippen LogP contribution in [0, 0.1) is 0 Å². The molecule has 0 radical (unpaired) electrons. The molecule has 1 fully saturated rings. The third kappa shape index (κ3) is 3.51. The van der Waals surface area contributed by atoms with E-state index in [1.807, 2.05) is 13.0 Å². The molecule has 0 aliphatic heterocycles. The van der Waals surface area contributed by atoms with E-state index >= 15 is 0 Å². The number of rotatable bonds is 3. The van der Waals surface area contributed by atoms with Crippen molar-refractivity contribution in [2.45, 2.75) is 31.8 Å².